The van der Waals surface area contributed by atoms with Crippen LogP contribution in [0.2, 0.25) is 0 Å². The van der Waals surface area contributed by atoms with E-state index in [0.29, 0.717) is 17.6 Å². The van der Waals surface area contributed by atoms with Crippen LogP contribution in [0.3, 0.4) is 0 Å². The smallest absolute Gasteiger partial charge is 0.239 e. The maximum atomic E-state index is 11.5. The Balaban J connectivity index is 1.93. The maximum Gasteiger partial charge on any atom is 0.239 e. The summed E-state index contributed by atoms with van der Waals surface area (Å²) in [6.07, 6.45) is 3.45. The molecule has 1 fully saturated rings. The molecule has 0 bridgehead atoms. The zero-order chi connectivity index (χ0) is 12.3. The van der Waals surface area contributed by atoms with Gasteiger partial charge in [0.15, 0.2) is 11.6 Å². The molecule has 7 heteroatoms. The molecule has 1 aliphatic rings. The predicted molar refractivity (Wildman–Crippen MR) is 62.7 cm³/mol. The highest BCUT2D eigenvalue weighted by Crippen LogP contribution is 2.25. The minimum absolute atomic E-state index is 0.0632. The van der Waals surface area contributed by atoms with Crippen molar-refractivity contribution in [2.24, 2.45) is 0 Å². The lowest BCUT2D eigenvalue weighted by molar-refractivity contribution is -0.119. The molecular weight excluding hydrogens is 222 g/mol. The van der Waals surface area contributed by atoms with Gasteiger partial charge in [-0.25, -0.2) is 9.97 Å². The van der Waals surface area contributed by atoms with Crippen molar-refractivity contribution in [2.75, 3.05) is 24.7 Å². The van der Waals surface area contributed by atoms with Gasteiger partial charge >= 0.3 is 0 Å². The van der Waals surface area contributed by atoms with Gasteiger partial charge in [0.2, 0.25) is 11.7 Å². The molecule has 2 rings (SSSR count). The molecule has 0 atom stereocenters. The molecule has 92 valence electrons. The monoisotopic (exact) mass is 237 g/mol. The lowest BCUT2D eigenvalue weighted by Crippen LogP contribution is -2.31. The molecule has 1 amide bonds. The van der Waals surface area contributed by atoms with Crippen molar-refractivity contribution in [1.82, 2.24) is 15.3 Å². The van der Waals surface area contributed by atoms with Gasteiger partial charge in [-0.2, -0.15) is 0 Å². The van der Waals surface area contributed by atoms with Crippen LogP contribution in [0.5, 0.6) is 5.75 Å². The molecule has 0 aromatic carbocycles. The van der Waals surface area contributed by atoms with Crippen LogP contribution in [-0.4, -0.2) is 35.6 Å². The number of nitrogens with zero attached hydrogens (tertiary/aromatic N) is 2. The van der Waals surface area contributed by atoms with Gasteiger partial charge in [0.05, 0.1) is 13.7 Å². The summed E-state index contributed by atoms with van der Waals surface area (Å²) in [7, 11) is 1.48. The van der Waals surface area contributed by atoms with Gasteiger partial charge in [0.25, 0.3) is 0 Å². The first-order valence-electron chi connectivity index (χ1n) is 5.38. The van der Waals surface area contributed by atoms with Crippen molar-refractivity contribution >= 4 is 17.5 Å². The fourth-order valence-corrected chi connectivity index (χ4v) is 1.38. The van der Waals surface area contributed by atoms with E-state index >= 15 is 0 Å². The summed E-state index contributed by atoms with van der Waals surface area (Å²) < 4.78 is 5.06. The average Bonchev–Trinajstić information content (AvgIpc) is 3.10. The van der Waals surface area contributed by atoms with Gasteiger partial charge in [-0.3, -0.25) is 4.79 Å². The first kappa shape index (κ1) is 11.4. The van der Waals surface area contributed by atoms with Crippen molar-refractivity contribution in [3.8, 4) is 5.75 Å². The van der Waals surface area contributed by atoms with E-state index in [1.165, 1.54) is 13.4 Å². The Hall–Kier alpha value is -2.05. The third kappa shape index (κ3) is 2.96. The summed E-state index contributed by atoms with van der Waals surface area (Å²) in [6.45, 7) is 0.142. The fraction of sp³-hybridized carbons (Fsp3) is 0.500. The second-order valence-corrected chi connectivity index (χ2v) is 3.84. The minimum atomic E-state index is -0.0632. The average molecular weight is 237 g/mol. The molecule has 1 aliphatic carbocycles. The molecule has 1 aromatic rings. The van der Waals surface area contributed by atoms with E-state index in [2.05, 4.69) is 20.6 Å². The van der Waals surface area contributed by atoms with E-state index in [9.17, 15) is 4.79 Å². The van der Waals surface area contributed by atoms with Crippen LogP contribution in [-0.2, 0) is 4.79 Å². The lowest BCUT2D eigenvalue weighted by Gasteiger charge is -2.10. The number of ether oxygens (including phenoxy) is 1. The standard InChI is InChI=1S/C10H15N5O2/c1-17-8-9(11)13-5-14-10(8)12-4-7(16)15-6-2-3-6/h5-6H,2-4H2,1H3,(H,15,16)(H3,11,12,13,14). The van der Waals surface area contributed by atoms with E-state index < -0.39 is 0 Å². The third-order valence-electron chi connectivity index (χ3n) is 2.39. The van der Waals surface area contributed by atoms with E-state index in [-0.39, 0.29) is 18.3 Å². The topological polar surface area (TPSA) is 102 Å². The number of hydrogen-bond donors (Lipinski definition) is 3. The van der Waals surface area contributed by atoms with E-state index in [1.54, 1.807) is 0 Å². The maximum absolute atomic E-state index is 11.5. The van der Waals surface area contributed by atoms with Gasteiger partial charge < -0.3 is 21.1 Å². The second-order valence-electron chi connectivity index (χ2n) is 3.84. The van der Waals surface area contributed by atoms with Gasteiger partial charge in [0.1, 0.15) is 6.33 Å². The molecule has 1 heterocycles. The third-order valence-corrected chi connectivity index (χ3v) is 2.39. The van der Waals surface area contributed by atoms with E-state index in [1.807, 2.05) is 0 Å². The summed E-state index contributed by atoms with van der Waals surface area (Å²) in [5.74, 6) is 0.956. The molecule has 0 saturated heterocycles. The Morgan fingerprint density at radius 1 is 1.59 bits per heavy atom. The number of carbonyl (C=O) groups excluding carboxylic acids is 1. The summed E-state index contributed by atoms with van der Waals surface area (Å²) in [5, 5.41) is 5.73. The van der Waals surface area contributed by atoms with Crippen LogP contribution in [0.1, 0.15) is 12.8 Å². The molecule has 0 aliphatic heterocycles. The number of nitrogens with one attached hydrogen (secondary N) is 2. The number of anilines is 2. The lowest BCUT2D eigenvalue weighted by atomic mass is 10.4. The van der Waals surface area contributed by atoms with Crippen molar-refractivity contribution in [3.63, 3.8) is 0 Å². The van der Waals surface area contributed by atoms with Crippen molar-refractivity contribution in [3.05, 3.63) is 6.33 Å². The Morgan fingerprint density at radius 2 is 2.35 bits per heavy atom. The highest BCUT2D eigenvalue weighted by atomic mass is 16.5. The van der Waals surface area contributed by atoms with Gasteiger partial charge in [-0.1, -0.05) is 0 Å². The number of nitrogen functional groups attached to an aromatic ring is 1. The number of carbonyl (C=O) groups is 1. The molecule has 7 nitrogen and oxygen atoms in total. The Labute approximate surface area is 98.8 Å². The highest BCUT2D eigenvalue weighted by molar-refractivity contribution is 5.81. The number of nitrogens with two attached hydrogens (primary N) is 1. The quantitative estimate of drug-likeness (QED) is 0.653. The number of rotatable bonds is 5. The Bertz CT molecular complexity index is 419. The molecule has 17 heavy (non-hydrogen) atoms. The molecule has 0 unspecified atom stereocenters. The number of amides is 1. The van der Waals surface area contributed by atoms with Crippen molar-refractivity contribution in [1.29, 1.82) is 0 Å². The molecule has 1 aromatic heterocycles. The van der Waals surface area contributed by atoms with Crippen LogP contribution in [0, 0.1) is 0 Å². The number of hydrogen-bond acceptors (Lipinski definition) is 6. The SMILES string of the molecule is COc1c(N)ncnc1NCC(=O)NC1CC1. The van der Waals surface area contributed by atoms with Crippen LogP contribution in [0.4, 0.5) is 11.6 Å². The van der Waals surface area contributed by atoms with Gasteiger partial charge in [0, 0.05) is 6.04 Å². The summed E-state index contributed by atoms with van der Waals surface area (Å²) in [6, 6.07) is 0.349. The number of methoxy groups -OCH3 is 1. The van der Waals surface area contributed by atoms with Crippen LogP contribution in [0.25, 0.3) is 0 Å². The van der Waals surface area contributed by atoms with E-state index in [0.717, 1.165) is 12.8 Å². The largest absolute Gasteiger partial charge is 0.490 e. The first-order valence-corrected chi connectivity index (χ1v) is 5.38. The molecular formula is C10H15N5O2. The van der Waals surface area contributed by atoms with Gasteiger partial charge in [-0.05, 0) is 12.8 Å². The predicted octanol–water partition coefficient (Wildman–Crippen LogP) is -0.242. The number of aromatic nitrogens is 2. The van der Waals surface area contributed by atoms with Crippen LogP contribution >= 0.6 is 0 Å². The Kier molecular flexibility index (Phi) is 3.27. The zero-order valence-corrected chi connectivity index (χ0v) is 9.56. The Morgan fingerprint density at radius 3 is 3.00 bits per heavy atom. The summed E-state index contributed by atoms with van der Waals surface area (Å²) in [5.41, 5.74) is 5.61. The normalized spacial score (nSPS) is 14.2. The van der Waals surface area contributed by atoms with Crippen LogP contribution in [0.15, 0.2) is 6.33 Å². The second kappa shape index (κ2) is 4.86. The first-order chi connectivity index (χ1) is 8.20. The summed E-state index contributed by atoms with van der Waals surface area (Å²) >= 11 is 0. The zero-order valence-electron chi connectivity index (χ0n) is 9.56. The molecule has 0 radical (unpaired) electrons. The molecule has 4 N–H and O–H groups in total. The van der Waals surface area contributed by atoms with Crippen LogP contribution < -0.4 is 21.1 Å². The van der Waals surface area contributed by atoms with E-state index in [4.69, 9.17) is 10.5 Å². The fourth-order valence-electron chi connectivity index (χ4n) is 1.38. The highest BCUT2D eigenvalue weighted by Gasteiger charge is 2.23. The van der Waals surface area contributed by atoms with Gasteiger partial charge in [-0.15, -0.1) is 0 Å². The van der Waals surface area contributed by atoms with Crippen molar-refractivity contribution < 1.29 is 9.53 Å². The van der Waals surface area contributed by atoms with Crippen molar-refractivity contribution in [2.45, 2.75) is 18.9 Å². The molecule has 0 spiro atoms. The summed E-state index contributed by atoms with van der Waals surface area (Å²) in [4.78, 5) is 19.2. The minimum Gasteiger partial charge on any atom is -0.490 e. The molecule has 1 saturated carbocycles.